The molecule has 0 bridgehead atoms. The minimum absolute atomic E-state index is 0.0428. The van der Waals surface area contributed by atoms with Crippen LogP contribution >= 0.6 is 0 Å². The number of aromatic nitrogens is 2. The third kappa shape index (κ3) is 8.27. The molecule has 212 valence electrons. The van der Waals surface area contributed by atoms with Crippen LogP contribution in [0.2, 0.25) is 0 Å². The van der Waals surface area contributed by atoms with Crippen molar-refractivity contribution in [2.75, 3.05) is 20.3 Å². The Labute approximate surface area is 237 Å². The second-order valence-electron chi connectivity index (χ2n) is 11.4. The third-order valence-corrected chi connectivity index (χ3v) is 6.44. The normalized spacial score (nSPS) is 12.2. The molecule has 0 aliphatic carbocycles. The highest BCUT2D eigenvalue weighted by molar-refractivity contribution is 5.96. The molecular weight excluding hydrogens is 504 g/mol. The van der Waals surface area contributed by atoms with E-state index >= 15 is 0 Å². The molecule has 40 heavy (non-hydrogen) atoms. The Morgan fingerprint density at radius 2 is 1.82 bits per heavy atom. The largest absolute Gasteiger partial charge is 0.490 e. The van der Waals surface area contributed by atoms with Gasteiger partial charge in [0.15, 0.2) is 5.78 Å². The number of aryl methyl sites for hydroxylation is 1. The minimum atomic E-state index is -0.234. The van der Waals surface area contributed by atoms with Gasteiger partial charge in [-0.3, -0.25) is 9.59 Å². The highest BCUT2D eigenvalue weighted by atomic mass is 16.5. The number of ketones is 1. The topological polar surface area (TPSA) is 106 Å². The van der Waals surface area contributed by atoms with Crippen LogP contribution in [-0.4, -0.2) is 47.6 Å². The van der Waals surface area contributed by atoms with Crippen LogP contribution in [0.15, 0.2) is 48.7 Å². The maximum absolute atomic E-state index is 13.3. The molecule has 0 saturated carbocycles. The number of rotatable bonds is 12. The smallest absolute Gasteiger partial charge is 0.245 e. The van der Waals surface area contributed by atoms with Crippen molar-refractivity contribution in [1.29, 1.82) is 5.26 Å². The molecule has 8 heteroatoms. The summed E-state index contributed by atoms with van der Waals surface area (Å²) in [6, 6.07) is 15.2. The molecule has 8 nitrogen and oxygen atoms in total. The number of nitrogens with zero attached hydrogens (tertiary/aromatic N) is 3. The first-order valence-electron chi connectivity index (χ1n) is 13.5. The number of amides is 1. The number of carbonyl (C=O) groups excluding carboxylic acids is 2. The van der Waals surface area contributed by atoms with Gasteiger partial charge in [-0.15, -0.1) is 0 Å². The van der Waals surface area contributed by atoms with Gasteiger partial charge in [0.1, 0.15) is 24.3 Å². The summed E-state index contributed by atoms with van der Waals surface area (Å²) in [7, 11) is 3.48. The number of hydrogen-bond donors (Lipinski definition) is 1. The maximum Gasteiger partial charge on any atom is 0.245 e. The van der Waals surface area contributed by atoms with Gasteiger partial charge in [-0.1, -0.05) is 45.0 Å². The van der Waals surface area contributed by atoms with E-state index in [4.69, 9.17) is 14.5 Å². The predicted molar refractivity (Wildman–Crippen MR) is 155 cm³/mol. The number of nitrogens with one attached hydrogen (secondary N) is 1. The molecule has 1 atom stereocenters. The molecule has 1 aromatic heterocycles. The Morgan fingerprint density at radius 3 is 2.40 bits per heavy atom. The Morgan fingerprint density at radius 1 is 1.12 bits per heavy atom. The van der Waals surface area contributed by atoms with Crippen molar-refractivity contribution < 1.29 is 19.1 Å². The fraction of sp³-hybridized carbons (Fsp3) is 0.438. The SMILES string of the molecule is COCC(=O)NC[C@@H](CC(=O)c1ccc(OC(C)C)c(C#N)c1)Cc1ccc(-c2cn(C)c(C(C)(C)C)n2)cc1. The van der Waals surface area contributed by atoms with Crippen molar-refractivity contribution in [3.05, 3.63) is 71.2 Å². The molecule has 0 fully saturated rings. The van der Waals surface area contributed by atoms with Crippen LogP contribution in [0.1, 0.15) is 68.3 Å². The molecule has 0 unspecified atom stereocenters. The van der Waals surface area contributed by atoms with E-state index in [1.54, 1.807) is 18.2 Å². The van der Waals surface area contributed by atoms with E-state index < -0.39 is 0 Å². The van der Waals surface area contributed by atoms with Crippen LogP contribution in [0, 0.1) is 17.2 Å². The Balaban J connectivity index is 1.78. The number of imidazole rings is 1. The van der Waals surface area contributed by atoms with Crippen molar-refractivity contribution in [2.24, 2.45) is 13.0 Å². The van der Waals surface area contributed by atoms with E-state index in [1.807, 2.05) is 51.4 Å². The highest BCUT2D eigenvalue weighted by Gasteiger charge is 2.22. The van der Waals surface area contributed by atoms with E-state index in [2.05, 4.69) is 36.7 Å². The number of Topliss-reactive ketones (excluding diaryl/α,β-unsaturated/α-hetero) is 1. The van der Waals surface area contributed by atoms with Crippen LogP contribution in [0.25, 0.3) is 11.3 Å². The van der Waals surface area contributed by atoms with Crippen molar-refractivity contribution >= 4 is 11.7 Å². The van der Waals surface area contributed by atoms with Crippen molar-refractivity contribution in [1.82, 2.24) is 14.9 Å². The summed E-state index contributed by atoms with van der Waals surface area (Å²) in [5.74, 6) is 0.986. The number of nitriles is 1. The van der Waals surface area contributed by atoms with Gasteiger partial charge >= 0.3 is 0 Å². The van der Waals surface area contributed by atoms with Gasteiger partial charge in [0, 0.05) is 49.9 Å². The molecule has 1 N–H and O–H groups in total. The fourth-order valence-electron chi connectivity index (χ4n) is 4.63. The van der Waals surface area contributed by atoms with Crippen LogP contribution in [0.5, 0.6) is 5.75 Å². The molecule has 3 aromatic rings. The molecule has 0 aliphatic heterocycles. The van der Waals surface area contributed by atoms with Gasteiger partial charge in [-0.2, -0.15) is 5.26 Å². The zero-order valence-corrected chi connectivity index (χ0v) is 24.6. The number of benzene rings is 2. The number of carbonyl (C=O) groups is 2. The van der Waals surface area contributed by atoms with Gasteiger partial charge in [0.2, 0.25) is 5.91 Å². The second kappa shape index (κ2) is 13.4. The Hall–Kier alpha value is -3.96. The lowest BCUT2D eigenvalue weighted by Crippen LogP contribution is -2.33. The minimum Gasteiger partial charge on any atom is -0.490 e. The summed E-state index contributed by atoms with van der Waals surface area (Å²) in [5, 5.41) is 12.4. The zero-order valence-electron chi connectivity index (χ0n) is 24.6. The Bertz CT molecular complexity index is 1360. The summed E-state index contributed by atoms with van der Waals surface area (Å²) < 4.78 is 12.7. The zero-order chi connectivity index (χ0) is 29.4. The van der Waals surface area contributed by atoms with E-state index in [9.17, 15) is 14.9 Å². The molecule has 0 radical (unpaired) electrons. The van der Waals surface area contributed by atoms with E-state index in [0.717, 1.165) is 22.6 Å². The summed E-state index contributed by atoms with van der Waals surface area (Å²) in [5.41, 5.74) is 3.69. The molecule has 1 heterocycles. The van der Waals surface area contributed by atoms with Gasteiger partial charge in [0.05, 0.1) is 17.4 Å². The third-order valence-electron chi connectivity index (χ3n) is 6.44. The number of ether oxygens (including phenoxy) is 2. The summed E-state index contributed by atoms with van der Waals surface area (Å²) >= 11 is 0. The van der Waals surface area contributed by atoms with Crippen molar-refractivity contribution in [3.8, 4) is 23.1 Å². The monoisotopic (exact) mass is 544 g/mol. The number of hydrogen-bond acceptors (Lipinski definition) is 6. The lowest BCUT2D eigenvalue weighted by Gasteiger charge is -2.18. The average molecular weight is 545 g/mol. The van der Waals surface area contributed by atoms with Crippen LogP contribution in [-0.2, 0) is 28.4 Å². The molecular formula is C32H40N4O4. The van der Waals surface area contributed by atoms with E-state index in [-0.39, 0.29) is 42.2 Å². The number of methoxy groups -OCH3 is 1. The Kier molecular flexibility index (Phi) is 10.2. The fourth-order valence-corrected chi connectivity index (χ4v) is 4.63. The van der Waals surface area contributed by atoms with Gasteiger partial charge < -0.3 is 19.4 Å². The lowest BCUT2D eigenvalue weighted by molar-refractivity contribution is -0.124. The molecule has 0 spiro atoms. The van der Waals surface area contributed by atoms with E-state index in [0.29, 0.717) is 29.8 Å². The van der Waals surface area contributed by atoms with Gasteiger partial charge in [-0.25, -0.2) is 4.98 Å². The quantitative estimate of drug-likeness (QED) is 0.313. The summed E-state index contributed by atoms with van der Waals surface area (Å²) in [6.45, 7) is 10.5. The van der Waals surface area contributed by atoms with Crippen molar-refractivity contribution in [3.63, 3.8) is 0 Å². The molecule has 3 rings (SSSR count). The first-order chi connectivity index (χ1) is 18.9. The maximum atomic E-state index is 13.3. The molecule has 0 aliphatic rings. The van der Waals surface area contributed by atoms with E-state index in [1.165, 1.54) is 7.11 Å². The first-order valence-corrected chi connectivity index (χ1v) is 13.5. The highest BCUT2D eigenvalue weighted by Crippen LogP contribution is 2.27. The van der Waals surface area contributed by atoms with Crippen LogP contribution < -0.4 is 10.1 Å². The average Bonchev–Trinajstić information content (AvgIpc) is 3.30. The first kappa shape index (κ1) is 30.6. The molecule has 1 amide bonds. The predicted octanol–water partition coefficient (Wildman–Crippen LogP) is 5.24. The van der Waals surface area contributed by atoms with Gasteiger partial charge in [0.25, 0.3) is 0 Å². The standard InChI is InChI=1S/C32H40N4O4/c1-21(2)40-29-13-12-25(16-26(29)17-33)28(37)15-23(18-34-30(38)20-39-7)14-22-8-10-24(11-9-22)27-19-36(6)31(35-27)32(3,4)5/h8-13,16,19,21,23H,14-15,18,20H2,1-7H3,(H,34,38)/t23-/m1/s1. The summed E-state index contributed by atoms with van der Waals surface area (Å²) in [6.07, 6.45) is 2.75. The second-order valence-corrected chi connectivity index (χ2v) is 11.4. The van der Waals surface area contributed by atoms with Gasteiger partial charge in [-0.05, 0) is 49.9 Å². The van der Waals surface area contributed by atoms with Crippen molar-refractivity contribution in [2.45, 2.75) is 59.0 Å². The summed E-state index contributed by atoms with van der Waals surface area (Å²) in [4.78, 5) is 30.2. The molecule has 2 aromatic carbocycles. The van der Waals surface area contributed by atoms with Crippen LogP contribution in [0.4, 0.5) is 0 Å². The van der Waals surface area contributed by atoms with Crippen LogP contribution in [0.3, 0.4) is 0 Å². The molecule has 0 saturated heterocycles. The lowest BCUT2D eigenvalue weighted by atomic mass is 9.91.